The second-order valence-corrected chi connectivity index (χ2v) is 5.31. The van der Waals surface area contributed by atoms with Crippen molar-refractivity contribution in [2.75, 3.05) is 5.32 Å². The number of benzene rings is 1. The summed E-state index contributed by atoms with van der Waals surface area (Å²) >= 11 is 5.83. The van der Waals surface area contributed by atoms with Gasteiger partial charge in [0.2, 0.25) is 0 Å². The molecule has 0 spiro atoms. The number of rotatable bonds is 3. The van der Waals surface area contributed by atoms with Gasteiger partial charge in [-0.1, -0.05) is 11.6 Å². The van der Waals surface area contributed by atoms with Crippen LogP contribution in [0.15, 0.2) is 18.2 Å². The highest BCUT2D eigenvalue weighted by molar-refractivity contribution is 6.31. The van der Waals surface area contributed by atoms with Crippen LogP contribution in [0.2, 0.25) is 5.02 Å². The van der Waals surface area contributed by atoms with Crippen LogP contribution in [-0.2, 0) is 4.74 Å². The van der Waals surface area contributed by atoms with Gasteiger partial charge in [0.05, 0.1) is 17.4 Å². The first kappa shape index (κ1) is 16.0. The number of aromatic carboxylic acids is 1. The van der Waals surface area contributed by atoms with Gasteiger partial charge in [0.15, 0.2) is 6.23 Å². The molecule has 1 aromatic rings. The van der Waals surface area contributed by atoms with Crippen molar-refractivity contribution in [3.05, 3.63) is 28.8 Å². The van der Waals surface area contributed by atoms with Crippen molar-refractivity contribution >= 4 is 23.3 Å². The highest BCUT2D eigenvalue weighted by Crippen LogP contribution is 2.26. The Morgan fingerprint density at radius 3 is 2.52 bits per heavy atom. The number of hydrogen-bond donors (Lipinski definition) is 5. The van der Waals surface area contributed by atoms with Crippen LogP contribution < -0.4 is 5.32 Å². The third kappa shape index (κ3) is 3.28. The van der Waals surface area contributed by atoms with E-state index in [1.54, 1.807) is 0 Å². The molecule has 1 heterocycles. The van der Waals surface area contributed by atoms with E-state index in [2.05, 4.69) is 5.32 Å². The molecule has 21 heavy (non-hydrogen) atoms. The van der Waals surface area contributed by atoms with E-state index < -0.39 is 36.6 Å². The lowest BCUT2D eigenvalue weighted by atomic mass is 9.99. The first-order valence-corrected chi connectivity index (χ1v) is 6.68. The summed E-state index contributed by atoms with van der Waals surface area (Å²) < 4.78 is 5.35. The number of aliphatic hydroxyl groups excluding tert-OH is 3. The quantitative estimate of drug-likeness (QED) is 0.543. The van der Waals surface area contributed by atoms with Crippen molar-refractivity contribution in [3.8, 4) is 0 Å². The molecule has 5 atom stereocenters. The minimum Gasteiger partial charge on any atom is -0.478 e. The molecule has 8 heteroatoms. The predicted molar refractivity (Wildman–Crippen MR) is 74.4 cm³/mol. The van der Waals surface area contributed by atoms with Crippen molar-refractivity contribution < 1.29 is 30.0 Å². The Morgan fingerprint density at radius 2 is 1.90 bits per heavy atom. The van der Waals surface area contributed by atoms with Crippen molar-refractivity contribution in [1.29, 1.82) is 0 Å². The lowest BCUT2D eigenvalue weighted by molar-refractivity contribution is -0.209. The number of anilines is 1. The number of aliphatic hydroxyl groups is 3. The number of carboxylic acid groups (broad SMARTS) is 1. The van der Waals surface area contributed by atoms with Crippen LogP contribution in [0.5, 0.6) is 0 Å². The molecule has 2 rings (SSSR count). The molecule has 1 aliphatic rings. The molecule has 0 aliphatic carbocycles. The van der Waals surface area contributed by atoms with Crippen LogP contribution in [0.1, 0.15) is 17.3 Å². The van der Waals surface area contributed by atoms with Crippen LogP contribution in [0.3, 0.4) is 0 Å². The molecular weight excluding hydrogens is 302 g/mol. The third-order valence-corrected chi connectivity index (χ3v) is 3.60. The molecule has 0 aromatic heterocycles. The lowest BCUT2D eigenvalue weighted by Crippen LogP contribution is -2.58. The van der Waals surface area contributed by atoms with Gasteiger partial charge in [-0.05, 0) is 25.1 Å². The number of halogens is 1. The second kappa shape index (κ2) is 6.17. The third-order valence-electron chi connectivity index (χ3n) is 3.36. The average Bonchev–Trinajstić information content (AvgIpc) is 2.42. The fourth-order valence-electron chi connectivity index (χ4n) is 2.15. The molecule has 5 N–H and O–H groups in total. The summed E-state index contributed by atoms with van der Waals surface area (Å²) in [5, 5.41) is 41.4. The Kier molecular flexibility index (Phi) is 4.70. The largest absolute Gasteiger partial charge is 0.478 e. The summed E-state index contributed by atoms with van der Waals surface area (Å²) in [5.41, 5.74) is 0.0957. The maximum Gasteiger partial charge on any atom is 0.337 e. The number of ether oxygens (including phenoxy) is 1. The summed E-state index contributed by atoms with van der Waals surface area (Å²) in [5.74, 6) is -1.17. The maximum absolute atomic E-state index is 11.2. The van der Waals surface area contributed by atoms with E-state index in [9.17, 15) is 20.1 Å². The van der Waals surface area contributed by atoms with Crippen LogP contribution in [0.4, 0.5) is 5.69 Å². The van der Waals surface area contributed by atoms with Gasteiger partial charge in [0.1, 0.15) is 18.3 Å². The molecule has 1 aromatic carbocycles. The van der Waals surface area contributed by atoms with Gasteiger partial charge in [-0.2, -0.15) is 0 Å². The zero-order valence-corrected chi connectivity index (χ0v) is 11.9. The summed E-state index contributed by atoms with van der Waals surface area (Å²) in [6.45, 7) is 1.53. The van der Waals surface area contributed by atoms with E-state index in [1.165, 1.54) is 25.1 Å². The smallest absolute Gasteiger partial charge is 0.337 e. The standard InChI is InChI=1S/C13H16ClNO6/c1-5-9(16)10(17)11(18)12(21-5)15-8-4-6(14)2-3-7(8)13(19)20/h2-5,9-12,15-18H,1H3,(H,19,20)/t5-,9+,10-,11+,12-/m0/s1. The first-order chi connectivity index (χ1) is 9.81. The Balaban J connectivity index is 2.25. The average molecular weight is 318 g/mol. The fraction of sp³-hybridized carbons (Fsp3) is 0.462. The molecule has 0 saturated carbocycles. The van der Waals surface area contributed by atoms with Crippen LogP contribution in [0, 0.1) is 0 Å². The zero-order chi connectivity index (χ0) is 15.7. The molecule has 0 bridgehead atoms. The summed E-state index contributed by atoms with van der Waals surface area (Å²) in [4.78, 5) is 11.2. The summed E-state index contributed by atoms with van der Waals surface area (Å²) in [6, 6.07) is 4.12. The Bertz CT molecular complexity index is 539. The van der Waals surface area contributed by atoms with Gasteiger partial charge >= 0.3 is 5.97 Å². The van der Waals surface area contributed by atoms with Crippen molar-refractivity contribution in [2.45, 2.75) is 37.6 Å². The molecule has 0 amide bonds. The predicted octanol–water partition coefficient (Wildman–Crippen LogP) is 0.278. The van der Waals surface area contributed by atoms with Gasteiger partial charge in [-0.3, -0.25) is 0 Å². The van der Waals surface area contributed by atoms with Gasteiger partial charge < -0.3 is 30.5 Å². The van der Waals surface area contributed by atoms with E-state index >= 15 is 0 Å². The van der Waals surface area contributed by atoms with Crippen LogP contribution >= 0.6 is 11.6 Å². The van der Waals surface area contributed by atoms with E-state index in [0.717, 1.165) is 0 Å². The number of hydrogen-bond acceptors (Lipinski definition) is 6. The Labute approximate surface area is 125 Å². The Morgan fingerprint density at radius 1 is 1.24 bits per heavy atom. The topological polar surface area (TPSA) is 119 Å². The SMILES string of the molecule is C[C@@H]1O[C@H](Nc2cc(Cl)ccc2C(=O)O)[C@H](O)[C@@H](O)[C@@H]1O. The minimum absolute atomic E-state index is 0.0523. The zero-order valence-electron chi connectivity index (χ0n) is 11.1. The van der Waals surface area contributed by atoms with E-state index in [0.29, 0.717) is 5.02 Å². The van der Waals surface area contributed by atoms with E-state index in [1.807, 2.05) is 0 Å². The van der Waals surface area contributed by atoms with Crippen molar-refractivity contribution in [2.24, 2.45) is 0 Å². The molecule has 1 aliphatic heterocycles. The number of nitrogens with one attached hydrogen (secondary N) is 1. The monoisotopic (exact) mass is 317 g/mol. The number of carbonyl (C=O) groups is 1. The van der Waals surface area contributed by atoms with Gasteiger partial charge in [0.25, 0.3) is 0 Å². The molecule has 1 saturated heterocycles. The van der Waals surface area contributed by atoms with Gasteiger partial charge in [-0.25, -0.2) is 4.79 Å². The van der Waals surface area contributed by atoms with E-state index in [4.69, 9.17) is 21.4 Å². The lowest BCUT2D eigenvalue weighted by Gasteiger charge is -2.40. The van der Waals surface area contributed by atoms with Crippen LogP contribution in [0.25, 0.3) is 0 Å². The minimum atomic E-state index is -1.42. The molecular formula is C13H16ClNO6. The van der Waals surface area contributed by atoms with E-state index in [-0.39, 0.29) is 11.3 Å². The van der Waals surface area contributed by atoms with Gasteiger partial charge in [-0.15, -0.1) is 0 Å². The summed E-state index contributed by atoms with van der Waals surface area (Å²) in [6.07, 6.45) is -5.85. The summed E-state index contributed by atoms with van der Waals surface area (Å²) in [7, 11) is 0. The van der Waals surface area contributed by atoms with Crippen LogP contribution in [-0.4, -0.2) is 57.0 Å². The highest BCUT2D eigenvalue weighted by Gasteiger charge is 2.42. The highest BCUT2D eigenvalue weighted by atomic mass is 35.5. The second-order valence-electron chi connectivity index (χ2n) is 4.87. The molecule has 7 nitrogen and oxygen atoms in total. The first-order valence-electron chi connectivity index (χ1n) is 6.30. The normalized spacial score (nSPS) is 32.7. The molecule has 1 fully saturated rings. The maximum atomic E-state index is 11.2. The molecule has 116 valence electrons. The number of carboxylic acids is 1. The van der Waals surface area contributed by atoms with Crippen molar-refractivity contribution in [1.82, 2.24) is 0 Å². The molecule has 0 radical (unpaired) electrons. The van der Waals surface area contributed by atoms with Gasteiger partial charge in [0, 0.05) is 5.02 Å². The Hall–Kier alpha value is -1.38. The molecule has 0 unspecified atom stereocenters. The fourth-order valence-corrected chi connectivity index (χ4v) is 2.32. The van der Waals surface area contributed by atoms with Crippen molar-refractivity contribution in [3.63, 3.8) is 0 Å².